The van der Waals surface area contributed by atoms with Crippen molar-refractivity contribution in [2.24, 2.45) is 0 Å². The fraction of sp³-hybridized carbons (Fsp3) is 0.182. The van der Waals surface area contributed by atoms with Crippen LogP contribution in [0.15, 0.2) is 49.6 Å². The molecule has 0 aliphatic carbocycles. The van der Waals surface area contributed by atoms with Gasteiger partial charge in [0.05, 0.1) is 7.11 Å². The second-order valence-corrected chi connectivity index (χ2v) is 6.20. The number of aromatic hydroxyl groups is 3. The van der Waals surface area contributed by atoms with E-state index in [9.17, 15) is 15.3 Å². The van der Waals surface area contributed by atoms with Gasteiger partial charge in [0.25, 0.3) is 0 Å². The van der Waals surface area contributed by atoms with E-state index in [1.807, 2.05) is 12.1 Å². The highest BCUT2D eigenvalue weighted by Crippen LogP contribution is 2.45. The molecule has 0 aromatic heterocycles. The van der Waals surface area contributed by atoms with Crippen LogP contribution in [-0.2, 0) is 19.3 Å². The monoisotopic (exact) mass is 366 g/mol. The Morgan fingerprint density at radius 3 is 2.44 bits per heavy atom. The normalized spacial score (nSPS) is 12.6. The average molecular weight is 366 g/mol. The summed E-state index contributed by atoms with van der Waals surface area (Å²) in [4.78, 5) is 0. The van der Waals surface area contributed by atoms with Crippen molar-refractivity contribution in [3.63, 3.8) is 0 Å². The van der Waals surface area contributed by atoms with E-state index in [1.165, 1.54) is 13.2 Å². The van der Waals surface area contributed by atoms with Gasteiger partial charge in [-0.25, -0.2) is 0 Å². The summed E-state index contributed by atoms with van der Waals surface area (Å²) in [6.07, 6.45) is 6.45. The summed E-state index contributed by atoms with van der Waals surface area (Å²) < 4.78 is 11.3. The zero-order valence-corrected chi connectivity index (χ0v) is 15.2. The second-order valence-electron chi connectivity index (χ2n) is 6.20. The van der Waals surface area contributed by atoms with E-state index < -0.39 is 0 Å². The van der Waals surface area contributed by atoms with Crippen LogP contribution in [0.25, 0.3) is 5.76 Å². The third-order valence-electron chi connectivity index (χ3n) is 4.57. The summed E-state index contributed by atoms with van der Waals surface area (Å²) in [5, 5.41) is 30.9. The van der Waals surface area contributed by atoms with E-state index in [4.69, 9.17) is 9.47 Å². The zero-order chi connectivity index (χ0) is 19.6. The summed E-state index contributed by atoms with van der Waals surface area (Å²) in [6.45, 7) is 7.46. The molecule has 0 fully saturated rings. The van der Waals surface area contributed by atoms with E-state index in [0.717, 1.165) is 0 Å². The first-order valence-electron chi connectivity index (χ1n) is 8.57. The smallest absolute Gasteiger partial charge is 0.161 e. The van der Waals surface area contributed by atoms with Crippen LogP contribution in [0.5, 0.6) is 28.7 Å². The van der Waals surface area contributed by atoms with Crippen molar-refractivity contribution in [2.45, 2.75) is 19.3 Å². The lowest BCUT2D eigenvalue weighted by molar-refractivity contribution is 0.370. The standard InChI is InChI=1S/C22H22O5/c1-4-6-14-13(8-11-20(26-3)21(14)25)19-10-9-16-18(24)12-17(23)15(7-5-2)22(16)27-19/h4-5,8,10-12,23-25H,1-2,6-7,9H2,3H3. The van der Waals surface area contributed by atoms with Crippen molar-refractivity contribution in [1.29, 1.82) is 0 Å². The molecule has 5 heteroatoms. The summed E-state index contributed by atoms with van der Waals surface area (Å²) in [6, 6.07) is 4.80. The molecule has 3 N–H and O–H groups in total. The van der Waals surface area contributed by atoms with Crippen LogP contribution < -0.4 is 9.47 Å². The van der Waals surface area contributed by atoms with Gasteiger partial charge in [0.2, 0.25) is 0 Å². The van der Waals surface area contributed by atoms with Gasteiger partial charge in [-0.3, -0.25) is 0 Å². The number of ether oxygens (including phenoxy) is 2. The molecule has 0 atom stereocenters. The van der Waals surface area contributed by atoms with Gasteiger partial charge < -0.3 is 24.8 Å². The van der Waals surface area contributed by atoms with Crippen LogP contribution in [0.1, 0.15) is 22.3 Å². The van der Waals surface area contributed by atoms with Gasteiger partial charge >= 0.3 is 0 Å². The van der Waals surface area contributed by atoms with Crippen LogP contribution in [0.2, 0.25) is 0 Å². The minimum atomic E-state index is -0.0451. The molecule has 0 radical (unpaired) electrons. The highest BCUT2D eigenvalue weighted by molar-refractivity contribution is 5.74. The van der Waals surface area contributed by atoms with E-state index >= 15 is 0 Å². The lowest BCUT2D eigenvalue weighted by atomic mass is 9.95. The van der Waals surface area contributed by atoms with Crippen molar-refractivity contribution < 1.29 is 24.8 Å². The summed E-state index contributed by atoms with van der Waals surface area (Å²) in [5.74, 6) is 1.30. The van der Waals surface area contributed by atoms with Crippen molar-refractivity contribution in [3.8, 4) is 28.7 Å². The van der Waals surface area contributed by atoms with Gasteiger partial charge in [-0.2, -0.15) is 0 Å². The van der Waals surface area contributed by atoms with Gasteiger partial charge in [-0.05, 0) is 31.1 Å². The molecule has 2 aromatic carbocycles. The van der Waals surface area contributed by atoms with Crippen LogP contribution in [-0.4, -0.2) is 22.4 Å². The molecule has 1 heterocycles. The lowest BCUT2D eigenvalue weighted by Gasteiger charge is -2.24. The first-order chi connectivity index (χ1) is 13.0. The van der Waals surface area contributed by atoms with Crippen molar-refractivity contribution in [1.82, 2.24) is 0 Å². The molecule has 140 valence electrons. The Bertz CT molecular complexity index is 940. The Morgan fingerprint density at radius 1 is 1.07 bits per heavy atom. The molecular weight excluding hydrogens is 344 g/mol. The fourth-order valence-electron chi connectivity index (χ4n) is 3.25. The topological polar surface area (TPSA) is 79.2 Å². The molecule has 5 nitrogen and oxygen atoms in total. The Kier molecular flexibility index (Phi) is 5.12. The number of benzene rings is 2. The third-order valence-corrected chi connectivity index (χ3v) is 4.57. The van der Waals surface area contributed by atoms with Crippen LogP contribution >= 0.6 is 0 Å². The summed E-state index contributed by atoms with van der Waals surface area (Å²) >= 11 is 0. The van der Waals surface area contributed by atoms with E-state index in [1.54, 1.807) is 18.2 Å². The number of hydrogen-bond donors (Lipinski definition) is 3. The van der Waals surface area contributed by atoms with Crippen LogP contribution in [0, 0.1) is 0 Å². The number of fused-ring (bicyclic) bond motifs is 1. The molecule has 0 saturated heterocycles. The minimum Gasteiger partial charge on any atom is -0.507 e. The van der Waals surface area contributed by atoms with Gasteiger partial charge in [0.1, 0.15) is 23.0 Å². The minimum absolute atomic E-state index is 0.0190. The molecule has 0 saturated carbocycles. The fourth-order valence-corrected chi connectivity index (χ4v) is 3.25. The molecule has 3 rings (SSSR count). The zero-order valence-electron chi connectivity index (χ0n) is 15.2. The predicted octanol–water partition coefficient (Wildman–Crippen LogP) is 4.25. The molecule has 2 aromatic rings. The van der Waals surface area contributed by atoms with Gasteiger partial charge in [-0.15, -0.1) is 13.2 Å². The highest BCUT2D eigenvalue weighted by atomic mass is 16.5. The second kappa shape index (κ2) is 7.50. The maximum atomic E-state index is 10.5. The van der Waals surface area contributed by atoms with Gasteiger partial charge in [-0.1, -0.05) is 12.2 Å². The lowest BCUT2D eigenvalue weighted by Crippen LogP contribution is -2.09. The number of rotatable bonds is 6. The first-order valence-corrected chi connectivity index (χ1v) is 8.57. The van der Waals surface area contributed by atoms with Crippen LogP contribution in [0.4, 0.5) is 0 Å². The molecule has 0 bridgehead atoms. The molecule has 0 amide bonds. The molecule has 1 aliphatic heterocycles. The number of methoxy groups -OCH3 is 1. The number of hydrogen-bond acceptors (Lipinski definition) is 5. The van der Waals surface area contributed by atoms with Gasteiger partial charge in [0, 0.05) is 34.7 Å². The quantitative estimate of drug-likeness (QED) is 0.666. The average Bonchev–Trinajstić information content (AvgIpc) is 2.66. The number of phenolic OH excluding ortho intramolecular Hbond substituents is 3. The molecule has 1 aliphatic rings. The molecule has 27 heavy (non-hydrogen) atoms. The Labute approximate surface area is 158 Å². The summed E-state index contributed by atoms with van der Waals surface area (Å²) in [5.41, 5.74) is 2.50. The number of phenols is 3. The molecular formula is C22H22O5. The highest BCUT2D eigenvalue weighted by Gasteiger charge is 2.25. The summed E-state index contributed by atoms with van der Waals surface area (Å²) in [7, 11) is 1.49. The predicted molar refractivity (Wildman–Crippen MR) is 105 cm³/mol. The van der Waals surface area contributed by atoms with Gasteiger partial charge in [0.15, 0.2) is 11.5 Å². The van der Waals surface area contributed by atoms with E-state index in [2.05, 4.69) is 13.2 Å². The number of allylic oxidation sites excluding steroid dienone is 3. The largest absolute Gasteiger partial charge is 0.507 e. The Hall–Kier alpha value is -3.34. The molecule has 0 unspecified atom stereocenters. The van der Waals surface area contributed by atoms with E-state index in [-0.39, 0.29) is 17.2 Å². The SMILES string of the molecule is C=CCc1c(C2=CCc3c(O)cc(O)c(CC=C)c3O2)ccc(OC)c1O. The first kappa shape index (κ1) is 18.5. The van der Waals surface area contributed by atoms with Crippen molar-refractivity contribution in [3.05, 3.63) is 71.8 Å². The van der Waals surface area contributed by atoms with E-state index in [0.29, 0.717) is 58.8 Å². The van der Waals surface area contributed by atoms with Crippen molar-refractivity contribution >= 4 is 5.76 Å². The van der Waals surface area contributed by atoms with Crippen LogP contribution in [0.3, 0.4) is 0 Å². The Morgan fingerprint density at radius 2 is 1.78 bits per heavy atom. The van der Waals surface area contributed by atoms with Crippen molar-refractivity contribution in [2.75, 3.05) is 7.11 Å². The Balaban J connectivity index is 2.11. The third kappa shape index (κ3) is 3.24. The molecule has 0 spiro atoms. The maximum absolute atomic E-state index is 10.5. The maximum Gasteiger partial charge on any atom is 0.161 e.